The number of imidazole rings is 1. The normalized spacial score (nSPS) is 22.0. The zero-order valence-corrected chi connectivity index (χ0v) is 28.3. The maximum Gasteiger partial charge on any atom is 0.289 e. The van der Waals surface area contributed by atoms with Crippen LogP contribution in [-0.4, -0.2) is 97.0 Å². The molecule has 0 aliphatic carbocycles. The van der Waals surface area contributed by atoms with Crippen LogP contribution in [0.5, 0.6) is 0 Å². The van der Waals surface area contributed by atoms with E-state index in [1.165, 1.54) is 16.5 Å². The number of ether oxygens (including phenoxy) is 1. The highest BCUT2D eigenvalue weighted by atomic mass is 16.6. The number of likely N-dealkylation sites (tertiary alicyclic amines) is 1. The maximum absolute atomic E-state index is 13.8. The standard InChI is InChI=1S/C38H42N8O5/c1-2-39-36(49)32-30(47)31(48)38(51-32)46-23-41-29-33(40-20-28(25-14-8-4-9-15-25)26-16-10-5-11-17-26)43-34(44-35(29)46)37(50)42-27-18-19-45(22-27)21-24-12-6-3-7-13-24/h3-17,23,27-28,30-32,38,47-48H,2,18-22H2,1H3,(H,39,49)(H,42,50)(H,40,43,44)/t27-,30+,31-,32+,38-/m1/s1. The topological polar surface area (TPSA) is 167 Å². The van der Waals surface area contributed by atoms with Crippen molar-refractivity contribution in [1.29, 1.82) is 0 Å². The summed E-state index contributed by atoms with van der Waals surface area (Å²) in [6, 6.07) is 30.3. The highest BCUT2D eigenvalue weighted by Crippen LogP contribution is 2.33. The lowest BCUT2D eigenvalue weighted by molar-refractivity contribution is -0.137. The molecule has 13 nitrogen and oxygen atoms in total. The second-order valence-electron chi connectivity index (χ2n) is 13.0. The Labute approximate surface area is 295 Å². The molecule has 0 unspecified atom stereocenters. The molecular formula is C38H42N8O5. The van der Waals surface area contributed by atoms with Crippen LogP contribution in [0.2, 0.25) is 0 Å². The smallest absolute Gasteiger partial charge is 0.289 e. The van der Waals surface area contributed by atoms with Gasteiger partial charge < -0.3 is 30.9 Å². The largest absolute Gasteiger partial charge is 0.387 e. The van der Waals surface area contributed by atoms with Gasteiger partial charge in [-0.3, -0.25) is 19.1 Å². The monoisotopic (exact) mass is 690 g/mol. The molecule has 264 valence electrons. The van der Waals surface area contributed by atoms with Gasteiger partial charge in [-0.1, -0.05) is 91.0 Å². The van der Waals surface area contributed by atoms with E-state index in [4.69, 9.17) is 4.74 Å². The number of carbonyl (C=O) groups excluding carboxylic acids is 2. The number of aliphatic hydroxyl groups excluding tert-OH is 2. The zero-order valence-electron chi connectivity index (χ0n) is 28.3. The molecule has 0 bridgehead atoms. The first kappa shape index (κ1) is 34.2. The Balaban J connectivity index is 1.19. The third-order valence-corrected chi connectivity index (χ3v) is 9.48. The molecule has 2 aliphatic rings. The number of rotatable bonds is 12. The number of hydrogen-bond acceptors (Lipinski definition) is 10. The summed E-state index contributed by atoms with van der Waals surface area (Å²) in [5, 5.41) is 31.0. The van der Waals surface area contributed by atoms with Crippen molar-refractivity contribution in [2.24, 2.45) is 0 Å². The first-order valence-corrected chi connectivity index (χ1v) is 17.3. The minimum Gasteiger partial charge on any atom is -0.387 e. The van der Waals surface area contributed by atoms with Crippen molar-refractivity contribution in [1.82, 2.24) is 35.1 Å². The lowest BCUT2D eigenvalue weighted by Gasteiger charge is -2.20. The van der Waals surface area contributed by atoms with Crippen LogP contribution in [0.3, 0.4) is 0 Å². The van der Waals surface area contributed by atoms with E-state index in [1.807, 2.05) is 54.6 Å². The van der Waals surface area contributed by atoms with Crippen LogP contribution in [0.25, 0.3) is 11.2 Å². The van der Waals surface area contributed by atoms with Gasteiger partial charge >= 0.3 is 0 Å². The third kappa shape index (κ3) is 7.47. The average Bonchev–Trinajstić information content (AvgIpc) is 3.87. The van der Waals surface area contributed by atoms with Crippen LogP contribution in [0.4, 0.5) is 5.82 Å². The first-order chi connectivity index (χ1) is 24.9. The summed E-state index contributed by atoms with van der Waals surface area (Å²) < 4.78 is 7.34. The average molecular weight is 691 g/mol. The Bertz CT molecular complexity index is 1900. The van der Waals surface area contributed by atoms with Crippen LogP contribution < -0.4 is 16.0 Å². The molecule has 4 heterocycles. The fourth-order valence-corrected chi connectivity index (χ4v) is 6.89. The Morgan fingerprint density at radius 1 is 0.922 bits per heavy atom. The lowest BCUT2D eigenvalue weighted by Crippen LogP contribution is -2.42. The van der Waals surface area contributed by atoms with Crippen LogP contribution in [-0.2, 0) is 16.1 Å². The molecule has 3 aromatic carbocycles. The molecule has 2 aliphatic heterocycles. The SMILES string of the molecule is CCNC(=O)[C@H]1O[C@@H](n2cnc3c(NCC(c4ccccc4)c4ccccc4)nc(C(=O)N[C@@H]4CCN(Cc5ccccc5)C4)nc32)[C@H](O)[C@@H]1O. The minimum absolute atomic E-state index is 0.0566. The van der Waals surface area contributed by atoms with Crippen LogP contribution in [0.1, 0.15) is 52.8 Å². The van der Waals surface area contributed by atoms with Crippen molar-refractivity contribution in [2.45, 2.75) is 56.4 Å². The summed E-state index contributed by atoms with van der Waals surface area (Å²) in [7, 11) is 0. The highest BCUT2D eigenvalue weighted by Gasteiger charge is 2.47. The molecule has 5 atom stereocenters. The number of benzene rings is 3. The summed E-state index contributed by atoms with van der Waals surface area (Å²) in [5.41, 5.74) is 3.95. The number of hydrogen-bond donors (Lipinski definition) is 5. The van der Waals surface area contributed by atoms with Gasteiger partial charge in [-0.15, -0.1) is 0 Å². The number of anilines is 1. The predicted molar refractivity (Wildman–Crippen MR) is 191 cm³/mol. The summed E-state index contributed by atoms with van der Waals surface area (Å²) in [5.74, 6) is -0.809. The fourth-order valence-electron chi connectivity index (χ4n) is 6.89. The molecule has 0 saturated carbocycles. The van der Waals surface area contributed by atoms with Crippen molar-refractivity contribution in [3.05, 3.63) is 120 Å². The molecule has 7 rings (SSSR count). The van der Waals surface area contributed by atoms with Gasteiger partial charge in [-0.2, -0.15) is 0 Å². The van der Waals surface area contributed by atoms with Crippen molar-refractivity contribution >= 4 is 28.8 Å². The number of aromatic nitrogens is 4. The van der Waals surface area contributed by atoms with Gasteiger partial charge in [-0.05, 0) is 30.0 Å². The van der Waals surface area contributed by atoms with Crippen molar-refractivity contribution in [3.63, 3.8) is 0 Å². The number of fused-ring (bicyclic) bond motifs is 1. The minimum atomic E-state index is -1.49. The van der Waals surface area contributed by atoms with Crippen LogP contribution in [0, 0.1) is 0 Å². The van der Waals surface area contributed by atoms with E-state index in [0.717, 1.165) is 30.6 Å². The quantitative estimate of drug-likeness (QED) is 0.131. The third-order valence-electron chi connectivity index (χ3n) is 9.48. The lowest BCUT2D eigenvalue weighted by atomic mass is 9.91. The molecule has 0 spiro atoms. The van der Waals surface area contributed by atoms with Gasteiger partial charge in [0, 0.05) is 44.7 Å². The van der Waals surface area contributed by atoms with E-state index >= 15 is 0 Å². The first-order valence-electron chi connectivity index (χ1n) is 17.3. The van der Waals surface area contributed by atoms with Crippen molar-refractivity contribution in [3.8, 4) is 0 Å². The van der Waals surface area contributed by atoms with E-state index in [9.17, 15) is 19.8 Å². The number of carbonyl (C=O) groups is 2. The van der Waals surface area contributed by atoms with E-state index < -0.39 is 36.4 Å². The Morgan fingerprint density at radius 3 is 2.25 bits per heavy atom. The molecule has 5 aromatic rings. The highest BCUT2D eigenvalue weighted by molar-refractivity contribution is 5.94. The molecular weight excluding hydrogens is 648 g/mol. The van der Waals surface area contributed by atoms with Gasteiger partial charge in [0.2, 0.25) is 5.82 Å². The summed E-state index contributed by atoms with van der Waals surface area (Å²) >= 11 is 0. The Hall–Kier alpha value is -5.21. The van der Waals surface area contributed by atoms with E-state index in [1.54, 1.807) is 6.92 Å². The van der Waals surface area contributed by atoms with Crippen LogP contribution >= 0.6 is 0 Å². The second kappa shape index (κ2) is 15.4. The van der Waals surface area contributed by atoms with Gasteiger partial charge in [0.15, 0.2) is 29.3 Å². The van der Waals surface area contributed by atoms with Gasteiger partial charge in [0.1, 0.15) is 12.2 Å². The summed E-state index contributed by atoms with van der Waals surface area (Å²) in [4.78, 5) is 42.7. The maximum atomic E-state index is 13.8. The van der Waals surface area contributed by atoms with Gasteiger partial charge in [-0.25, -0.2) is 15.0 Å². The second-order valence-corrected chi connectivity index (χ2v) is 13.0. The molecule has 2 aromatic heterocycles. The molecule has 2 fully saturated rings. The number of amides is 2. The summed E-state index contributed by atoms with van der Waals surface area (Å²) in [6.07, 6.45) is -3.26. The van der Waals surface area contributed by atoms with Crippen molar-refractivity contribution < 1.29 is 24.5 Å². The molecule has 2 amide bonds. The zero-order chi connectivity index (χ0) is 35.3. The van der Waals surface area contributed by atoms with Crippen LogP contribution in [0.15, 0.2) is 97.3 Å². The predicted octanol–water partition coefficient (Wildman–Crippen LogP) is 2.83. The molecule has 51 heavy (non-hydrogen) atoms. The molecule has 13 heteroatoms. The number of nitrogens with one attached hydrogen (secondary N) is 3. The summed E-state index contributed by atoms with van der Waals surface area (Å²) in [6.45, 7) is 4.82. The molecule has 5 N–H and O–H groups in total. The fraction of sp³-hybridized carbons (Fsp3) is 0.342. The van der Waals surface area contributed by atoms with E-state index in [0.29, 0.717) is 31.0 Å². The van der Waals surface area contributed by atoms with Gasteiger partial charge in [0.05, 0.1) is 6.33 Å². The van der Waals surface area contributed by atoms with Crippen molar-refractivity contribution in [2.75, 3.05) is 31.5 Å². The Kier molecular flexibility index (Phi) is 10.3. The Morgan fingerprint density at radius 2 is 1.59 bits per heavy atom. The molecule has 2 saturated heterocycles. The van der Waals surface area contributed by atoms with E-state index in [2.05, 4.69) is 72.2 Å². The number of nitrogens with zero attached hydrogens (tertiary/aromatic N) is 5. The van der Waals surface area contributed by atoms with Gasteiger partial charge in [0.25, 0.3) is 11.8 Å². The van der Waals surface area contributed by atoms with E-state index in [-0.39, 0.29) is 23.4 Å². The molecule has 0 radical (unpaired) electrons. The number of likely N-dealkylation sites (N-methyl/N-ethyl adjacent to an activating group) is 1. The number of aliphatic hydroxyl groups is 2.